The van der Waals surface area contributed by atoms with E-state index in [1.165, 1.54) is 4.68 Å². The fourth-order valence-corrected chi connectivity index (χ4v) is 3.69. The Labute approximate surface area is 176 Å². The topological polar surface area (TPSA) is 110 Å². The molecule has 9 nitrogen and oxygen atoms in total. The maximum absolute atomic E-state index is 12.7. The number of carbonyl (C=O) groups excluding carboxylic acids is 1. The van der Waals surface area contributed by atoms with Gasteiger partial charge >= 0.3 is 0 Å². The number of hydrogen-bond donors (Lipinski definition) is 1. The van der Waals surface area contributed by atoms with Gasteiger partial charge in [-0.3, -0.25) is 4.79 Å². The Morgan fingerprint density at radius 3 is 2.67 bits per heavy atom. The van der Waals surface area contributed by atoms with Crippen molar-refractivity contribution in [2.45, 2.75) is 17.2 Å². The molecule has 2 heterocycles. The van der Waals surface area contributed by atoms with Crippen LogP contribution in [0.2, 0.25) is 0 Å². The molecule has 0 saturated heterocycles. The van der Waals surface area contributed by atoms with Crippen molar-refractivity contribution < 1.29 is 33.3 Å². The zero-order valence-corrected chi connectivity index (χ0v) is 17.1. The van der Waals surface area contributed by atoms with Gasteiger partial charge in [0.05, 0.1) is 17.6 Å². The van der Waals surface area contributed by atoms with Crippen molar-refractivity contribution in [3.8, 4) is 28.9 Å². The van der Waals surface area contributed by atoms with Crippen molar-refractivity contribution in [3.05, 3.63) is 42.5 Å². The molecule has 3 aromatic rings. The standard InChI is InChI=1S/C20H19N3O6S/c1-12(18(24)21-13-3-8-16-17(11-13)28-10-9-27-16)30-19-20(25)29-22-23(19)14-4-6-15(26-2)7-5-14/h3-8,11-12H,9-10H2,1-2H3,(H-,21,22,24,25). The van der Waals surface area contributed by atoms with Crippen molar-refractivity contribution in [2.24, 2.45) is 0 Å². The highest BCUT2D eigenvalue weighted by Gasteiger charge is 2.27. The second-order valence-electron chi connectivity index (χ2n) is 6.38. The second kappa shape index (κ2) is 8.54. The van der Waals surface area contributed by atoms with Gasteiger partial charge in [0, 0.05) is 23.9 Å². The summed E-state index contributed by atoms with van der Waals surface area (Å²) < 4.78 is 22.3. The van der Waals surface area contributed by atoms with E-state index in [1.807, 2.05) is 0 Å². The first-order chi connectivity index (χ1) is 14.5. The van der Waals surface area contributed by atoms with Crippen molar-refractivity contribution in [1.29, 1.82) is 0 Å². The van der Waals surface area contributed by atoms with Crippen molar-refractivity contribution >= 4 is 23.4 Å². The number of anilines is 1. The summed E-state index contributed by atoms with van der Waals surface area (Å²) in [6.07, 6.45) is 0. The van der Waals surface area contributed by atoms with E-state index >= 15 is 0 Å². The second-order valence-corrected chi connectivity index (χ2v) is 7.71. The summed E-state index contributed by atoms with van der Waals surface area (Å²) in [6.45, 7) is 2.65. The van der Waals surface area contributed by atoms with E-state index in [-0.39, 0.29) is 10.9 Å². The number of hydrogen-bond acceptors (Lipinski definition) is 8. The van der Waals surface area contributed by atoms with Gasteiger partial charge in [0.1, 0.15) is 19.0 Å². The van der Waals surface area contributed by atoms with Crippen LogP contribution in [0.25, 0.3) is 5.69 Å². The van der Waals surface area contributed by atoms with Crippen LogP contribution in [-0.4, -0.2) is 36.8 Å². The Kier molecular flexibility index (Phi) is 5.66. The molecular weight excluding hydrogens is 410 g/mol. The Bertz CT molecular complexity index is 1050. The zero-order chi connectivity index (χ0) is 21.1. The van der Waals surface area contributed by atoms with Crippen LogP contribution in [0, 0.1) is 0 Å². The van der Waals surface area contributed by atoms with E-state index in [2.05, 4.69) is 10.6 Å². The molecule has 10 heteroatoms. The molecule has 0 radical (unpaired) electrons. The molecule has 4 rings (SSSR count). The SMILES string of the molecule is COc1ccc(-[n+]2noc([O-])c2SC(C)C(=O)Nc2ccc3c(c2)OCCO3)cc1. The molecule has 1 aromatic heterocycles. The average molecular weight is 429 g/mol. The van der Waals surface area contributed by atoms with Crippen LogP contribution in [0.5, 0.6) is 23.2 Å². The number of amides is 1. The van der Waals surface area contributed by atoms with Crippen LogP contribution in [-0.2, 0) is 4.79 Å². The van der Waals surface area contributed by atoms with E-state index in [4.69, 9.17) is 18.7 Å². The van der Waals surface area contributed by atoms with Crippen LogP contribution in [0.1, 0.15) is 6.92 Å². The van der Waals surface area contributed by atoms with Gasteiger partial charge in [-0.2, -0.15) is 0 Å². The molecule has 1 unspecified atom stereocenters. The molecule has 1 aliphatic heterocycles. The molecule has 1 atom stereocenters. The zero-order valence-electron chi connectivity index (χ0n) is 16.3. The van der Waals surface area contributed by atoms with Crippen LogP contribution < -0.4 is 29.3 Å². The third kappa shape index (κ3) is 4.13. The summed E-state index contributed by atoms with van der Waals surface area (Å²) in [4.78, 5) is 12.7. The summed E-state index contributed by atoms with van der Waals surface area (Å²) >= 11 is 1.06. The molecule has 0 aliphatic carbocycles. The van der Waals surface area contributed by atoms with Gasteiger partial charge in [0.25, 0.3) is 5.03 Å². The number of fused-ring (bicyclic) bond motifs is 1. The lowest BCUT2D eigenvalue weighted by molar-refractivity contribution is -0.705. The van der Waals surface area contributed by atoms with Crippen molar-refractivity contribution in [3.63, 3.8) is 0 Å². The van der Waals surface area contributed by atoms with Crippen LogP contribution in [0.15, 0.2) is 52.0 Å². The highest BCUT2D eigenvalue weighted by Crippen LogP contribution is 2.33. The molecule has 2 aromatic carbocycles. The summed E-state index contributed by atoms with van der Waals surface area (Å²) in [5.74, 6) is 1.00. The first kappa shape index (κ1) is 19.9. The van der Waals surface area contributed by atoms with Gasteiger partial charge < -0.3 is 29.2 Å². The first-order valence-electron chi connectivity index (χ1n) is 9.16. The number of carbonyl (C=O) groups is 1. The van der Waals surface area contributed by atoms with E-state index in [9.17, 15) is 9.90 Å². The molecule has 1 aliphatic rings. The number of benzene rings is 2. The van der Waals surface area contributed by atoms with Crippen molar-refractivity contribution in [1.82, 2.24) is 5.27 Å². The number of ether oxygens (including phenoxy) is 3. The van der Waals surface area contributed by atoms with E-state index in [0.717, 1.165) is 11.8 Å². The monoisotopic (exact) mass is 429 g/mol. The Morgan fingerprint density at radius 2 is 1.93 bits per heavy atom. The van der Waals surface area contributed by atoms with Gasteiger partial charge in [-0.05, 0) is 47.6 Å². The lowest BCUT2D eigenvalue weighted by atomic mass is 10.2. The number of thioether (sulfide) groups is 1. The minimum atomic E-state index is -0.616. The minimum absolute atomic E-state index is 0.199. The molecule has 0 fully saturated rings. The fourth-order valence-electron chi connectivity index (χ4n) is 2.81. The highest BCUT2D eigenvalue weighted by molar-refractivity contribution is 8.00. The van der Waals surface area contributed by atoms with Crippen LogP contribution >= 0.6 is 11.8 Å². The summed E-state index contributed by atoms with van der Waals surface area (Å²) in [5, 5.41) is 18.4. The fraction of sp³-hybridized carbons (Fsp3) is 0.250. The summed E-state index contributed by atoms with van der Waals surface area (Å²) in [6, 6.07) is 12.2. The minimum Gasteiger partial charge on any atom is -0.538 e. The number of rotatable bonds is 6. The Morgan fingerprint density at radius 1 is 1.20 bits per heavy atom. The van der Waals surface area contributed by atoms with Crippen LogP contribution in [0.3, 0.4) is 0 Å². The summed E-state index contributed by atoms with van der Waals surface area (Å²) in [7, 11) is 1.57. The van der Waals surface area contributed by atoms with Gasteiger partial charge in [0.2, 0.25) is 11.6 Å². The third-order valence-corrected chi connectivity index (χ3v) is 5.49. The molecule has 156 valence electrons. The lowest BCUT2D eigenvalue weighted by Crippen LogP contribution is -2.36. The maximum Gasteiger partial charge on any atom is 0.298 e. The van der Waals surface area contributed by atoms with Crippen molar-refractivity contribution in [2.75, 3.05) is 25.6 Å². The predicted molar refractivity (Wildman–Crippen MR) is 105 cm³/mol. The smallest absolute Gasteiger partial charge is 0.298 e. The maximum atomic E-state index is 12.7. The van der Waals surface area contributed by atoms with Gasteiger partial charge in [-0.1, -0.05) is 0 Å². The third-order valence-electron chi connectivity index (χ3n) is 4.36. The lowest BCUT2D eigenvalue weighted by Gasteiger charge is -2.19. The number of nitrogens with one attached hydrogen (secondary N) is 1. The average Bonchev–Trinajstić information content (AvgIpc) is 3.13. The normalized spacial score (nSPS) is 13.5. The predicted octanol–water partition coefficient (Wildman–Crippen LogP) is 1.92. The van der Waals surface area contributed by atoms with E-state index in [0.29, 0.717) is 41.8 Å². The van der Waals surface area contributed by atoms with Crippen LogP contribution in [0.4, 0.5) is 5.69 Å². The largest absolute Gasteiger partial charge is 0.538 e. The molecular formula is C20H19N3O6S. The quantitative estimate of drug-likeness (QED) is 0.468. The first-order valence-corrected chi connectivity index (χ1v) is 10.0. The molecule has 30 heavy (non-hydrogen) atoms. The number of methoxy groups -OCH3 is 1. The molecule has 1 amide bonds. The number of nitrogens with zero attached hydrogens (tertiary/aromatic N) is 2. The number of aromatic nitrogens is 2. The van der Waals surface area contributed by atoms with E-state index in [1.54, 1.807) is 56.5 Å². The molecule has 0 saturated carbocycles. The van der Waals surface area contributed by atoms with Gasteiger partial charge in [-0.15, -0.1) is 0 Å². The summed E-state index contributed by atoms with van der Waals surface area (Å²) in [5.41, 5.74) is 1.19. The van der Waals surface area contributed by atoms with Gasteiger partial charge in [-0.25, -0.2) is 0 Å². The van der Waals surface area contributed by atoms with Gasteiger partial charge in [0.15, 0.2) is 17.4 Å². The Hall–Kier alpha value is -3.40. The molecule has 1 N–H and O–H groups in total. The molecule has 0 bridgehead atoms. The Balaban J connectivity index is 1.47. The molecule has 0 spiro atoms. The van der Waals surface area contributed by atoms with E-state index < -0.39 is 11.2 Å². The highest BCUT2D eigenvalue weighted by atomic mass is 32.2.